The second-order valence-corrected chi connectivity index (χ2v) is 5.31. The Morgan fingerprint density at radius 3 is 2.90 bits per heavy atom. The highest BCUT2D eigenvalue weighted by molar-refractivity contribution is 5.81. The quantitative estimate of drug-likeness (QED) is 0.879. The molecule has 2 rings (SSSR count). The van der Waals surface area contributed by atoms with Crippen molar-refractivity contribution in [2.45, 2.75) is 20.4 Å². The molecule has 3 N–H and O–H groups in total. The standard InChI is InChI=1S/C14H19N5O/c1-14(2,13(20)16-3)8-19-9-17-7-11(19)10-5-4-6-18-12(10)15/h4-7,9H,8H2,1-3H3,(H2,15,18)(H,16,20). The van der Waals surface area contributed by atoms with Crippen LogP contribution in [0.4, 0.5) is 5.82 Å². The summed E-state index contributed by atoms with van der Waals surface area (Å²) in [6.07, 6.45) is 5.08. The van der Waals surface area contributed by atoms with E-state index in [4.69, 9.17) is 5.73 Å². The summed E-state index contributed by atoms with van der Waals surface area (Å²) in [5.41, 5.74) is 7.03. The van der Waals surface area contributed by atoms with Crippen molar-refractivity contribution in [2.75, 3.05) is 12.8 Å². The van der Waals surface area contributed by atoms with Crippen LogP contribution in [-0.4, -0.2) is 27.5 Å². The van der Waals surface area contributed by atoms with Crippen molar-refractivity contribution < 1.29 is 4.79 Å². The van der Waals surface area contributed by atoms with Crippen LogP contribution in [0, 0.1) is 5.41 Å². The summed E-state index contributed by atoms with van der Waals surface area (Å²) in [7, 11) is 1.64. The minimum Gasteiger partial charge on any atom is -0.383 e. The molecule has 0 aliphatic heterocycles. The van der Waals surface area contributed by atoms with Crippen LogP contribution < -0.4 is 11.1 Å². The zero-order valence-corrected chi connectivity index (χ0v) is 11.9. The zero-order chi connectivity index (χ0) is 14.8. The van der Waals surface area contributed by atoms with E-state index in [1.54, 1.807) is 25.8 Å². The van der Waals surface area contributed by atoms with Crippen molar-refractivity contribution in [2.24, 2.45) is 5.41 Å². The number of rotatable bonds is 4. The Balaban J connectivity index is 2.35. The third kappa shape index (κ3) is 2.64. The number of hydrogen-bond donors (Lipinski definition) is 2. The van der Waals surface area contributed by atoms with E-state index < -0.39 is 5.41 Å². The summed E-state index contributed by atoms with van der Waals surface area (Å²) in [5.74, 6) is 0.434. The molecule has 0 fully saturated rings. The lowest BCUT2D eigenvalue weighted by atomic mass is 9.92. The molecule has 0 spiro atoms. The number of carbonyl (C=O) groups excluding carboxylic acids is 1. The number of nitrogens with one attached hydrogen (secondary N) is 1. The van der Waals surface area contributed by atoms with Gasteiger partial charge in [0, 0.05) is 25.4 Å². The highest BCUT2D eigenvalue weighted by atomic mass is 16.2. The van der Waals surface area contributed by atoms with Crippen molar-refractivity contribution >= 4 is 11.7 Å². The molecule has 2 aromatic heterocycles. The molecule has 20 heavy (non-hydrogen) atoms. The number of amides is 1. The molecular weight excluding hydrogens is 254 g/mol. The molecular formula is C14H19N5O. The van der Waals surface area contributed by atoms with Gasteiger partial charge in [-0.15, -0.1) is 0 Å². The summed E-state index contributed by atoms with van der Waals surface area (Å²) in [6.45, 7) is 4.29. The van der Waals surface area contributed by atoms with Gasteiger partial charge in [-0.25, -0.2) is 9.97 Å². The molecule has 2 heterocycles. The molecule has 0 aliphatic rings. The van der Waals surface area contributed by atoms with Crippen LogP contribution in [0.1, 0.15) is 13.8 Å². The Morgan fingerprint density at radius 2 is 2.25 bits per heavy atom. The summed E-state index contributed by atoms with van der Waals surface area (Å²) in [5, 5.41) is 2.68. The highest BCUT2D eigenvalue weighted by Crippen LogP contribution is 2.27. The molecule has 0 unspecified atom stereocenters. The van der Waals surface area contributed by atoms with E-state index in [9.17, 15) is 4.79 Å². The van der Waals surface area contributed by atoms with E-state index in [0.29, 0.717) is 12.4 Å². The Hall–Kier alpha value is -2.37. The maximum Gasteiger partial charge on any atom is 0.227 e. The first-order valence-corrected chi connectivity index (χ1v) is 6.39. The van der Waals surface area contributed by atoms with E-state index in [-0.39, 0.29) is 5.91 Å². The molecule has 1 amide bonds. The molecule has 0 saturated carbocycles. The van der Waals surface area contributed by atoms with E-state index in [0.717, 1.165) is 11.3 Å². The number of carbonyl (C=O) groups is 1. The summed E-state index contributed by atoms with van der Waals surface area (Å²) in [6, 6.07) is 3.72. The van der Waals surface area contributed by atoms with Gasteiger partial charge in [-0.2, -0.15) is 0 Å². The van der Waals surface area contributed by atoms with Crippen LogP contribution in [0.3, 0.4) is 0 Å². The number of nitrogens with zero attached hydrogens (tertiary/aromatic N) is 3. The summed E-state index contributed by atoms with van der Waals surface area (Å²) >= 11 is 0. The smallest absolute Gasteiger partial charge is 0.227 e. The summed E-state index contributed by atoms with van der Waals surface area (Å²) in [4.78, 5) is 20.1. The Kier molecular flexibility index (Phi) is 3.74. The topological polar surface area (TPSA) is 85.8 Å². The van der Waals surface area contributed by atoms with Crippen LogP contribution in [0.5, 0.6) is 0 Å². The minimum atomic E-state index is -0.541. The fourth-order valence-corrected chi connectivity index (χ4v) is 2.14. The fraction of sp³-hybridized carbons (Fsp3) is 0.357. The molecule has 0 saturated heterocycles. The van der Waals surface area contributed by atoms with Crippen LogP contribution in [0.2, 0.25) is 0 Å². The largest absolute Gasteiger partial charge is 0.383 e. The molecule has 0 radical (unpaired) electrons. The molecule has 6 heteroatoms. The van der Waals surface area contributed by atoms with Crippen LogP contribution >= 0.6 is 0 Å². The number of imidazole rings is 1. The number of pyridine rings is 1. The average Bonchev–Trinajstić information content (AvgIpc) is 2.85. The van der Waals surface area contributed by atoms with Gasteiger partial charge >= 0.3 is 0 Å². The van der Waals surface area contributed by atoms with E-state index >= 15 is 0 Å². The SMILES string of the molecule is CNC(=O)C(C)(C)Cn1cncc1-c1cccnc1N. The second kappa shape index (κ2) is 5.32. The number of aromatic nitrogens is 3. The normalized spacial score (nSPS) is 11.3. The summed E-state index contributed by atoms with van der Waals surface area (Å²) < 4.78 is 1.92. The third-order valence-corrected chi connectivity index (χ3v) is 3.23. The van der Waals surface area contributed by atoms with Crippen LogP contribution in [0.25, 0.3) is 11.3 Å². The van der Waals surface area contributed by atoms with Crippen LogP contribution in [-0.2, 0) is 11.3 Å². The van der Waals surface area contributed by atoms with Crippen LogP contribution in [0.15, 0.2) is 30.9 Å². The van der Waals surface area contributed by atoms with Crippen molar-refractivity contribution in [3.05, 3.63) is 30.9 Å². The van der Waals surface area contributed by atoms with Gasteiger partial charge in [0.2, 0.25) is 5.91 Å². The first-order valence-electron chi connectivity index (χ1n) is 6.39. The van der Waals surface area contributed by atoms with E-state index in [1.165, 1.54) is 0 Å². The average molecular weight is 273 g/mol. The molecule has 0 aromatic carbocycles. The first kappa shape index (κ1) is 14.0. The monoisotopic (exact) mass is 273 g/mol. The van der Waals surface area contributed by atoms with Gasteiger partial charge in [-0.05, 0) is 26.0 Å². The number of nitrogen functional groups attached to an aromatic ring is 1. The molecule has 106 valence electrons. The molecule has 0 bridgehead atoms. The first-order chi connectivity index (χ1) is 9.45. The lowest BCUT2D eigenvalue weighted by Crippen LogP contribution is -2.37. The van der Waals surface area contributed by atoms with Gasteiger partial charge in [-0.1, -0.05) is 0 Å². The van der Waals surface area contributed by atoms with E-state index in [2.05, 4.69) is 15.3 Å². The predicted octanol–water partition coefficient (Wildman–Crippen LogP) is 1.30. The van der Waals surface area contributed by atoms with Crippen molar-refractivity contribution in [3.8, 4) is 11.3 Å². The third-order valence-electron chi connectivity index (χ3n) is 3.23. The van der Waals surface area contributed by atoms with E-state index in [1.807, 2.05) is 30.5 Å². The molecule has 0 atom stereocenters. The van der Waals surface area contributed by atoms with Crippen molar-refractivity contribution in [1.82, 2.24) is 19.9 Å². The maximum atomic E-state index is 11.9. The Bertz CT molecular complexity index is 618. The van der Waals surface area contributed by atoms with Gasteiger partial charge in [0.25, 0.3) is 0 Å². The highest BCUT2D eigenvalue weighted by Gasteiger charge is 2.28. The zero-order valence-electron chi connectivity index (χ0n) is 11.9. The van der Waals surface area contributed by atoms with Gasteiger partial charge in [0.15, 0.2) is 0 Å². The molecule has 6 nitrogen and oxygen atoms in total. The van der Waals surface area contributed by atoms with Gasteiger partial charge < -0.3 is 15.6 Å². The van der Waals surface area contributed by atoms with Gasteiger partial charge in [-0.3, -0.25) is 4.79 Å². The van der Waals surface area contributed by atoms with Crippen molar-refractivity contribution in [3.63, 3.8) is 0 Å². The maximum absolute atomic E-state index is 11.9. The van der Waals surface area contributed by atoms with Gasteiger partial charge in [0.05, 0.1) is 23.6 Å². The van der Waals surface area contributed by atoms with Crippen molar-refractivity contribution in [1.29, 1.82) is 0 Å². The van der Waals surface area contributed by atoms with Gasteiger partial charge in [0.1, 0.15) is 5.82 Å². The second-order valence-electron chi connectivity index (χ2n) is 5.31. The molecule has 0 aliphatic carbocycles. The Morgan fingerprint density at radius 1 is 1.50 bits per heavy atom. The fourth-order valence-electron chi connectivity index (χ4n) is 2.14. The number of nitrogens with two attached hydrogens (primary N) is 1. The minimum absolute atomic E-state index is 0.0173. The lowest BCUT2D eigenvalue weighted by Gasteiger charge is -2.24. The number of hydrogen-bond acceptors (Lipinski definition) is 4. The Labute approximate surface area is 118 Å². The molecule has 2 aromatic rings. The predicted molar refractivity (Wildman–Crippen MR) is 77.7 cm³/mol. The number of anilines is 1. The lowest BCUT2D eigenvalue weighted by molar-refractivity contribution is -0.129.